The van der Waals surface area contributed by atoms with Gasteiger partial charge in [-0.15, -0.1) is 0 Å². The normalized spacial score (nSPS) is 21.0. The highest BCUT2D eigenvalue weighted by Crippen LogP contribution is 2.17. The van der Waals surface area contributed by atoms with E-state index < -0.39 is 0 Å². The number of furan rings is 1. The van der Waals surface area contributed by atoms with Crippen LogP contribution in [-0.2, 0) is 6.42 Å². The summed E-state index contributed by atoms with van der Waals surface area (Å²) in [5.74, 6) is 2.02. The quantitative estimate of drug-likeness (QED) is 0.577. The maximum atomic E-state index is 5.43. The molecule has 5 heteroatoms. The van der Waals surface area contributed by atoms with Gasteiger partial charge in [0.15, 0.2) is 5.96 Å². The zero-order valence-corrected chi connectivity index (χ0v) is 16.4. The first-order valence-electron chi connectivity index (χ1n) is 10.7. The molecule has 2 heterocycles. The number of hydrogen-bond acceptors (Lipinski definition) is 3. The molecule has 1 aliphatic heterocycles. The van der Waals surface area contributed by atoms with Crippen molar-refractivity contribution in [2.75, 3.05) is 26.2 Å². The standard InChI is InChI=1S/C21H36N4O/c1-2-14-25-15-11-19(12-16-25)24-21(23-18-7-4-3-5-8-18)22-13-10-20-9-6-17-26-20/h6,9,17-19H,2-5,7-8,10-16H2,1H3,(H2,22,23,24). The molecule has 0 unspecified atom stereocenters. The number of nitrogens with one attached hydrogen (secondary N) is 2. The van der Waals surface area contributed by atoms with Crippen LogP contribution in [0.25, 0.3) is 0 Å². The average molecular weight is 361 g/mol. The predicted octanol–water partition coefficient (Wildman–Crippen LogP) is 3.56. The van der Waals surface area contributed by atoms with Gasteiger partial charge in [-0.25, -0.2) is 0 Å². The van der Waals surface area contributed by atoms with Gasteiger partial charge in [0.1, 0.15) is 5.76 Å². The molecule has 26 heavy (non-hydrogen) atoms. The zero-order chi connectivity index (χ0) is 18.0. The molecule has 5 nitrogen and oxygen atoms in total. The first-order valence-corrected chi connectivity index (χ1v) is 10.7. The van der Waals surface area contributed by atoms with Gasteiger partial charge in [-0.05, 0) is 50.8 Å². The van der Waals surface area contributed by atoms with Gasteiger partial charge < -0.3 is 20.0 Å². The molecule has 0 atom stereocenters. The Morgan fingerprint density at radius 1 is 1.12 bits per heavy atom. The summed E-state index contributed by atoms with van der Waals surface area (Å²) in [7, 11) is 0. The number of likely N-dealkylation sites (tertiary alicyclic amines) is 1. The molecule has 1 aromatic heterocycles. The predicted molar refractivity (Wildman–Crippen MR) is 108 cm³/mol. The van der Waals surface area contributed by atoms with E-state index in [1.165, 1.54) is 71.0 Å². The Balaban J connectivity index is 1.51. The average Bonchev–Trinajstić information content (AvgIpc) is 3.18. The first kappa shape index (κ1) is 19.3. The van der Waals surface area contributed by atoms with Crippen molar-refractivity contribution in [3.63, 3.8) is 0 Å². The Morgan fingerprint density at radius 3 is 2.50 bits per heavy atom. The van der Waals surface area contributed by atoms with Crippen LogP contribution < -0.4 is 10.6 Å². The largest absolute Gasteiger partial charge is 0.469 e. The Labute approximate surface area is 158 Å². The van der Waals surface area contributed by atoms with E-state index in [2.05, 4.69) is 22.5 Å². The fourth-order valence-electron chi connectivity index (χ4n) is 4.12. The Hall–Kier alpha value is -1.49. The summed E-state index contributed by atoms with van der Waals surface area (Å²) in [6.07, 6.45) is 12.9. The van der Waals surface area contributed by atoms with Crippen molar-refractivity contribution in [1.82, 2.24) is 15.5 Å². The van der Waals surface area contributed by atoms with Crippen LogP contribution in [0.3, 0.4) is 0 Å². The molecule has 146 valence electrons. The number of aliphatic imine (C=N–C) groups is 1. The third kappa shape index (κ3) is 6.35. The second-order valence-electron chi connectivity index (χ2n) is 7.80. The van der Waals surface area contributed by atoms with Gasteiger partial charge in [-0.2, -0.15) is 0 Å². The van der Waals surface area contributed by atoms with E-state index in [1.54, 1.807) is 6.26 Å². The maximum Gasteiger partial charge on any atom is 0.191 e. The van der Waals surface area contributed by atoms with E-state index in [4.69, 9.17) is 9.41 Å². The second kappa shape index (κ2) is 10.6. The van der Waals surface area contributed by atoms with Gasteiger partial charge >= 0.3 is 0 Å². The molecule has 0 spiro atoms. The third-order valence-electron chi connectivity index (χ3n) is 5.62. The first-order chi connectivity index (χ1) is 12.8. The lowest BCUT2D eigenvalue weighted by atomic mass is 9.95. The molecule has 2 fully saturated rings. The van der Waals surface area contributed by atoms with Crippen LogP contribution in [0.1, 0.15) is 64.1 Å². The van der Waals surface area contributed by atoms with E-state index in [-0.39, 0.29) is 0 Å². The molecule has 1 saturated carbocycles. The minimum absolute atomic E-state index is 0.543. The van der Waals surface area contributed by atoms with Crippen molar-refractivity contribution in [3.8, 4) is 0 Å². The minimum atomic E-state index is 0.543. The van der Waals surface area contributed by atoms with Crippen molar-refractivity contribution in [2.24, 2.45) is 4.99 Å². The van der Waals surface area contributed by atoms with E-state index in [1.807, 2.05) is 12.1 Å². The molecule has 1 aromatic rings. The SMILES string of the molecule is CCCN1CCC(NC(=NCCc2ccco2)NC2CCCCC2)CC1. The van der Waals surface area contributed by atoms with Gasteiger partial charge in [-0.3, -0.25) is 4.99 Å². The van der Waals surface area contributed by atoms with Gasteiger partial charge in [0.25, 0.3) is 0 Å². The number of guanidine groups is 1. The second-order valence-corrected chi connectivity index (χ2v) is 7.80. The van der Waals surface area contributed by atoms with Gasteiger partial charge in [0, 0.05) is 38.1 Å². The van der Waals surface area contributed by atoms with Crippen LogP contribution >= 0.6 is 0 Å². The lowest BCUT2D eigenvalue weighted by Crippen LogP contribution is -2.51. The number of piperidine rings is 1. The molecule has 0 aromatic carbocycles. The van der Waals surface area contributed by atoms with Crippen molar-refractivity contribution < 1.29 is 4.42 Å². The Kier molecular flexibility index (Phi) is 7.87. The molecule has 1 aliphatic carbocycles. The highest BCUT2D eigenvalue weighted by Gasteiger charge is 2.21. The summed E-state index contributed by atoms with van der Waals surface area (Å²) in [4.78, 5) is 7.45. The Morgan fingerprint density at radius 2 is 1.85 bits per heavy atom. The molecule has 0 amide bonds. The van der Waals surface area contributed by atoms with Crippen molar-refractivity contribution in [2.45, 2.75) is 76.8 Å². The van der Waals surface area contributed by atoms with Crippen molar-refractivity contribution in [1.29, 1.82) is 0 Å². The molecule has 1 saturated heterocycles. The number of rotatable bonds is 7. The topological polar surface area (TPSA) is 52.8 Å². The van der Waals surface area contributed by atoms with Crippen molar-refractivity contribution in [3.05, 3.63) is 24.2 Å². The van der Waals surface area contributed by atoms with Gasteiger partial charge in [0.2, 0.25) is 0 Å². The summed E-state index contributed by atoms with van der Waals surface area (Å²) >= 11 is 0. The van der Waals surface area contributed by atoms with E-state index >= 15 is 0 Å². The molecule has 2 aliphatic rings. The molecule has 2 N–H and O–H groups in total. The number of hydrogen-bond donors (Lipinski definition) is 2. The minimum Gasteiger partial charge on any atom is -0.469 e. The van der Waals surface area contributed by atoms with Gasteiger partial charge in [0.05, 0.1) is 6.26 Å². The van der Waals surface area contributed by atoms with Crippen LogP contribution in [0.4, 0.5) is 0 Å². The summed E-state index contributed by atoms with van der Waals surface area (Å²) in [5.41, 5.74) is 0. The highest BCUT2D eigenvalue weighted by atomic mass is 16.3. The van der Waals surface area contributed by atoms with Gasteiger partial charge in [-0.1, -0.05) is 26.2 Å². The van der Waals surface area contributed by atoms with Crippen LogP contribution in [0.15, 0.2) is 27.8 Å². The Bertz CT molecular complexity index is 514. The van der Waals surface area contributed by atoms with Crippen LogP contribution in [0, 0.1) is 0 Å². The molecule has 3 rings (SSSR count). The van der Waals surface area contributed by atoms with E-state index in [0.717, 1.165) is 24.7 Å². The summed E-state index contributed by atoms with van der Waals surface area (Å²) < 4.78 is 5.43. The van der Waals surface area contributed by atoms with Crippen molar-refractivity contribution >= 4 is 5.96 Å². The zero-order valence-electron chi connectivity index (χ0n) is 16.4. The fraction of sp³-hybridized carbons (Fsp3) is 0.762. The number of nitrogens with zero attached hydrogens (tertiary/aromatic N) is 2. The third-order valence-corrected chi connectivity index (χ3v) is 5.62. The highest BCUT2D eigenvalue weighted by molar-refractivity contribution is 5.80. The van der Waals surface area contributed by atoms with E-state index in [0.29, 0.717) is 12.1 Å². The van der Waals surface area contributed by atoms with Crippen LogP contribution in [0.5, 0.6) is 0 Å². The van der Waals surface area contributed by atoms with Crippen LogP contribution in [0.2, 0.25) is 0 Å². The lowest BCUT2D eigenvalue weighted by Gasteiger charge is -2.34. The monoisotopic (exact) mass is 360 g/mol. The molecule has 0 bridgehead atoms. The van der Waals surface area contributed by atoms with Crippen LogP contribution in [-0.4, -0.2) is 49.1 Å². The molecular formula is C21H36N4O. The molecular weight excluding hydrogens is 324 g/mol. The summed E-state index contributed by atoms with van der Waals surface area (Å²) in [5, 5.41) is 7.44. The smallest absolute Gasteiger partial charge is 0.191 e. The summed E-state index contributed by atoms with van der Waals surface area (Å²) in [6.45, 7) is 6.67. The molecule has 0 radical (unpaired) electrons. The summed E-state index contributed by atoms with van der Waals surface area (Å²) in [6, 6.07) is 5.10. The maximum absolute atomic E-state index is 5.43. The fourth-order valence-corrected chi connectivity index (χ4v) is 4.12. The van der Waals surface area contributed by atoms with E-state index in [9.17, 15) is 0 Å². The lowest BCUT2D eigenvalue weighted by molar-refractivity contribution is 0.206.